The van der Waals surface area contributed by atoms with Crippen LogP contribution in [0.4, 0.5) is 5.82 Å². The van der Waals surface area contributed by atoms with Crippen molar-refractivity contribution >= 4 is 33.3 Å². The number of rotatable bonds is 6. The third-order valence-electron chi connectivity index (χ3n) is 2.44. The van der Waals surface area contributed by atoms with E-state index < -0.39 is 0 Å². The monoisotopic (exact) mass is 340 g/mol. The molecule has 3 nitrogen and oxygen atoms in total. The van der Waals surface area contributed by atoms with Crippen LogP contribution < -0.4 is 10.1 Å². The standard InChI is InChI=1S/C14H14BrClN2O/c15-12-10-11(16)5-6-13(12)19-9-3-8-18-14-4-1-2-7-17-14/h1-2,4-7,10H,3,8-9H2,(H,17,18). The molecule has 19 heavy (non-hydrogen) atoms. The molecule has 0 fully saturated rings. The van der Waals surface area contributed by atoms with Gasteiger partial charge in [0, 0.05) is 17.8 Å². The average Bonchev–Trinajstić information content (AvgIpc) is 2.42. The summed E-state index contributed by atoms with van der Waals surface area (Å²) in [6.07, 6.45) is 2.66. The molecule has 0 aliphatic carbocycles. The van der Waals surface area contributed by atoms with Gasteiger partial charge in [0.05, 0.1) is 11.1 Å². The minimum absolute atomic E-state index is 0.639. The zero-order chi connectivity index (χ0) is 13.5. The lowest BCUT2D eigenvalue weighted by Crippen LogP contribution is -2.08. The minimum Gasteiger partial charge on any atom is -0.492 e. The van der Waals surface area contributed by atoms with Crippen molar-refractivity contribution in [3.63, 3.8) is 0 Å². The van der Waals surface area contributed by atoms with Crippen molar-refractivity contribution in [2.45, 2.75) is 6.42 Å². The lowest BCUT2D eigenvalue weighted by atomic mass is 10.3. The van der Waals surface area contributed by atoms with Crippen LogP contribution in [0.3, 0.4) is 0 Å². The molecule has 2 aromatic rings. The molecule has 0 unspecified atom stereocenters. The van der Waals surface area contributed by atoms with Crippen molar-refractivity contribution in [1.29, 1.82) is 0 Å². The van der Waals surface area contributed by atoms with Crippen LogP contribution in [0.15, 0.2) is 47.1 Å². The summed E-state index contributed by atoms with van der Waals surface area (Å²) in [5.41, 5.74) is 0. The van der Waals surface area contributed by atoms with Crippen LogP contribution in [0.25, 0.3) is 0 Å². The minimum atomic E-state index is 0.639. The molecule has 0 saturated heterocycles. The summed E-state index contributed by atoms with van der Waals surface area (Å²) < 4.78 is 6.54. The maximum absolute atomic E-state index is 5.87. The molecule has 1 aromatic heterocycles. The van der Waals surface area contributed by atoms with Gasteiger partial charge in [-0.15, -0.1) is 0 Å². The smallest absolute Gasteiger partial charge is 0.133 e. The molecule has 0 spiro atoms. The number of pyridine rings is 1. The molecule has 0 bridgehead atoms. The fraction of sp³-hybridized carbons (Fsp3) is 0.214. The molecule has 0 aliphatic heterocycles. The van der Waals surface area contributed by atoms with Gasteiger partial charge in [0.25, 0.3) is 0 Å². The Morgan fingerprint density at radius 1 is 1.26 bits per heavy atom. The first-order valence-corrected chi connectivity index (χ1v) is 7.15. The Labute approximate surface area is 126 Å². The molecule has 1 N–H and O–H groups in total. The number of nitrogens with one attached hydrogen (secondary N) is 1. The zero-order valence-electron chi connectivity index (χ0n) is 10.3. The molecule has 1 aromatic carbocycles. The van der Waals surface area contributed by atoms with E-state index in [1.54, 1.807) is 6.20 Å². The highest BCUT2D eigenvalue weighted by Gasteiger charge is 2.01. The highest BCUT2D eigenvalue weighted by atomic mass is 79.9. The van der Waals surface area contributed by atoms with Crippen molar-refractivity contribution < 1.29 is 4.74 Å². The molecular weight excluding hydrogens is 328 g/mol. The molecule has 1 heterocycles. The van der Waals surface area contributed by atoms with Crippen LogP contribution in [0.1, 0.15) is 6.42 Å². The van der Waals surface area contributed by atoms with Gasteiger partial charge in [0.1, 0.15) is 11.6 Å². The molecule has 0 saturated carbocycles. The van der Waals surface area contributed by atoms with E-state index >= 15 is 0 Å². The van der Waals surface area contributed by atoms with Gasteiger partial charge in [-0.1, -0.05) is 17.7 Å². The van der Waals surface area contributed by atoms with Crippen LogP contribution in [0.5, 0.6) is 5.75 Å². The summed E-state index contributed by atoms with van der Waals surface area (Å²) in [6, 6.07) is 11.3. The van der Waals surface area contributed by atoms with Crippen molar-refractivity contribution in [3.8, 4) is 5.75 Å². The Bertz CT molecular complexity index is 522. The van der Waals surface area contributed by atoms with Gasteiger partial charge >= 0.3 is 0 Å². The Balaban J connectivity index is 1.69. The third kappa shape index (κ3) is 4.73. The molecule has 0 radical (unpaired) electrons. The van der Waals surface area contributed by atoms with Gasteiger partial charge in [-0.2, -0.15) is 0 Å². The van der Waals surface area contributed by atoms with E-state index in [1.807, 2.05) is 36.4 Å². The van der Waals surface area contributed by atoms with Gasteiger partial charge in [0.2, 0.25) is 0 Å². The first-order valence-electron chi connectivity index (χ1n) is 5.98. The normalized spacial score (nSPS) is 10.2. The maximum Gasteiger partial charge on any atom is 0.133 e. The number of anilines is 1. The van der Waals surface area contributed by atoms with E-state index in [9.17, 15) is 0 Å². The van der Waals surface area contributed by atoms with Crippen LogP contribution in [0, 0.1) is 0 Å². The van der Waals surface area contributed by atoms with E-state index in [1.165, 1.54) is 0 Å². The summed E-state index contributed by atoms with van der Waals surface area (Å²) in [5, 5.41) is 3.92. The zero-order valence-corrected chi connectivity index (χ0v) is 12.6. The summed E-state index contributed by atoms with van der Waals surface area (Å²) >= 11 is 9.28. The number of ether oxygens (including phenoxy) is 1. The van der Waals surface area contributed by atoms with Crippen LogP contribution in [0.2, 0.25) is 5.02 Å². The Hall–Kier alpha value is -1.26. The fourth-order valence-electron chi connectivity index (χ4n) is 1.53. The lowest BCUT2D eigenvalue weighted by Gasteiger charge is -2.09. The molecule has 0 aliphatic rings. The van der Waals surface area contributed by atoms with Gasteiger partial charge in [0.15, 0.2) is 0 Å². The van der Waals surface area contributed by atoms with Gasteiger partial charge < -0.3 is 10.1 Å². The highest BCUT2D eigenvalue weighted by Crippen LogP contribution is 2.27. The largest absolute Gasteiger partial charge is 0.492 e. The van der Waals surface area contributed by atoms with Gasteiger partial charge in [-0.3, -0.25) is 0 Å². The van der Waals surface area contributed by atoms with E-state index in [4.69, 9.17) is 16.3 Å². The molecule has 2 rings (SSSR count). The second kappa shape index (κ2) is 7.36. The second-order valence-corrected chi connectivity index (χ2v) is 5.21. The predicted octanol–water partition coefficient (Wildman–Crippen LogP) is 4.38. The van der Waals surface area contributed by atoms with E-state index in [-0.39, 0.29) is 0 Å². The first-order chi connectivity index (χ1) is 9.25. The number of aromatic nitrogens is 1. The number of hydrogen-bond donors (Lipinski definition) is 1. The molecule has 5 heteroatoms. The highest BCUT2D eigenvalue weighted by molar-refractivity contribution is 9.10. The SMILES string of the molecule is Clc1ccc(OCCCNc2ccccn2)c(Br)c1. The summed E-state index contributed by atoms with van der Waals surface area (Å²) in [5.74, 6) is 1.69. The maximum atomic E-state index is 5.87. The Kier molecular flexibility index (Phi) is 5.48. The van der Waals surface area contributed by atoms with Crippen LogP contribution in [-0.4, -0.2) is 18.1 Å². The van der Waals surface area contributed by atoms with E-state index in [0.717, 1.165) is 29.0 Å². The molecule has 0 amide bonds. The second-order valence-electron chi connectivity index (χ2n) is 3.92. The van der Waals surface area contributed by atoms with Crippen molar-refractivity contribution in [3.05, 3.63) is 52.1 Å². The topological polar surface area (TPSA) is 34.1 Å². The molecule has 100 valence electrons. The number of hydrogen-bond acceptors (Lipinski definition) is 3. The summed E-state index contributed by atoms with van der Waals surface area (Å²) in [6.45, 7) is 1.46. The quantitative estimate of drug-likeness (QED) is 0.792. The fourth-order valence-corrected chi connectivity index (χ4v) is 2.33. The number of benzene rings is 1. The first kappa shape index (κ1) is 14.2. The lowest BCUT2D eigenvalue weighted by molar-refractivity contribution is 0.313. The summed E-state index contributed by atoms with van der Waals surface area (Å²) in [7, 11) is 0. The van der Waals surface area contributed by atoms with Crippen LogP contribution in [-0.2, 0) is 0 Å². The van der Waals surface area contributed by atoms with Gasteiger partial charge in [-0.25, -0.2) is 4.98 Å². The van der Waals surface area contributed by atoms with Gasteiger partial charge in [-0.05, 0) is 52.7 Å². The van der Waals surface area contributed by atoms with Crippen LogP contribution >= 0.6 is 27.5 Å². The van der Waals surface area contributed by atoms with E-state index in [0.29, 0.717) is 11.6 Å². The molecule has 0 atom stereocenters. The Morgan fingerprint density at radius 3 is 2.89 bits per heavy atom. The third-order valence-corrected chi connectivity index (χ3v) is 3.30. The average molecular weight is 342 g/mol. The van der Waals surface area contributed by atoms with Crippen molar-refractivity contribution in [1.82, 2.24) is 4.98 Å². The predicted molar refractivity (Wildman–Crippen MR) is 82.0 cm³/mol. The number of nitrogens with zero attached hydrogens (tertiary/aromatic N) is 1. The van der Waals surface area contributed by atoms with Crippen molar-refractivity contribution in [2.24, 2.45) is 0 Å². The van der Waals surface area contributed by atoms with E-state index in [2.05, 4.69) is 26.2 Å². The Morgan fingerprint density at radius 2 is 2.16 bits per heavy atom. The van der Waals surface area contributed by atoms with Crippen molar-refractivity contribution in [2.75, 3.05) is 18.5 Å². The number of halogens is 2. The summed E-state index contributed by atoms with van der Waals surface area (Å²) in [4.78, 5) is 4.18. The molecular formula is C14H14BrClN2O.